The highest BCUT2D eigenvalue weighted by Crippen LogP contribution is 2.29. The molecule has 0 aliphatic carbocycles. The second-order valence-corrected chi connectivity index (χ2v) is 6.77. The lowest BCUT2D eigenvalue weighted by Gasteiger charge is -2.35. The van der Waals surface area contributed by atoms with E-state index >= 15 is 0 Å². The molecule has 0 spiro atoms. The minimum absolute atomic E-state index is 0.176. The number of carbonyl (C=O) groups is 1. The van der Waals surface area contributed by atoms with Crippen LogP contribution in [-0.2, 0) is 11.3 Å². The number of halogens is 1. The van der Waals surface area contributed by atoms with Gasteiger partial charge in [-0.2, -0.15) is 0 Å². The summed E-state index contributed by atoms with van der Waals surface area (Å²) in [5, 5.41) is 3.41. The Kier molecular flexibility index (Phi) is 5.65. The first kappa shape index (κ1) is 16.3. The summed E-state index contributed by atoms with van der Waals surface area (Å²) in [4.78, 5) is 13.8. The zero-order valence-electron chi connectivity index (χ0n) is 12.7. The zero-order valence-corrected chi connectivity index (χ0v) is 14.3. The summed E-state index contributed by atoms with van der Waals surface area (Å²) in [5.41, 5.74) is 7.83. The monoisotopic (exact) mass is 353 g/mol. The van der Waals surface area contributed by atoms with E-state index in [4.69, 9.17) is 5.73 Å². The number of amides is 1. The van der Waals surface area contributed by atoms with Crippen molar-refractivity contribution >= 4 is 27.5 Å². The molecule has 1 aromatic rings. The molecule has 116 valence electrons. The highest BCUT2D eigenvalue weighted by Gasteiger charge is 2.27. The van der Waals surface area contributed by atoms with Gasteiger partial charge in [0.05, 0.1) is 0 Å². The van der Waals surface area contributed by atoms with E-state index in [2.05, 4.69) is 58.2 Å². The largest absolute Gasteiger partial charge is 0.368 e. The van der Waals surface area contributed by atoms with E-state index in [1.165, 1.54) is 5.56 Å². The van der Waals surface area contributed by atoms with Crippen LogP contribution in [0.1, 0.15) is 38.7 Å². The smallest absolute Gasteiger partial charge is 0.240 e. The number of benzene rings is 1. The van der Waals surface area contributed by atoms with Gasteiger partial charge in [-0.15, -0.1) is 0 Å². The van der Waals surface area contributed by atoms with Gasteiger partial charge in [-0.05, 0) is 37.0 Å². The Balaban J connectivity index is 2.16. The van der Waals surface area contributed by atoms with E-state index in [1.807, 2.05) is 0 Å². The van der Waals surface area contributed by atoms with Crippen molar-refractivity contribution in [1.29, 1.82) is 0 Å². The van der Waals surface area contributed by atoms with Crippen molar-refractivity contribution in [2.24, 2.45) is 5.73 Å². The minimum atomic E-state index is -0.226. The molecule has 1 aliphatic heterocycles. The molecular weight excluding hydrogens is 330 g/mol. The summed E-state index contributed by atoms with van der Waals surface area (Å²) in [5.74, 6) is -0.226. The Morgan fingerprint density at radius 2 is 2.24 bits per heavy atom. The van der Waals surface area contributed by atoms with Crippen molar-refractivity contribution in [2.75, 3.05) is 11.4 Å². The molecule has 1 aromatic carbocycles. The molecule has 1 fully saturated rings. The van der Waals surface area contributed by atoms with Gasteiger partial charge in [0, 0.05) is 29.3 Å². The van der Waals surface area contributed by atoms with Gasteiger partial charge in [0.25, 0.3) is 0 Å². The molecule has 0 aromatic heterocycles. The maximum atomic E-state index is 11.6. The van der Waals surface area contributed by atoms with Gasteiger partial charge in [-0.25, -0.2) is 0 Å². The number of nitrogens with two attached hydrogens (primary N) is 1. The first-order valence-electron chi connectivity index (χ1n) is 7.57. The summed E-state index contributed by atoms with van der Waals surface area (Å²) in [6.07, 6.45) is 3.03. The lowest BCUT2D eigenvalue weighted by Crippen LogP contribution is -2.47. The number of hydrogen-bond acceptors (Lipinski definition) is 3. The van der Waals surface area contributed by atoms with Crippen molar-refractivity contribution in [1.82, 2.24) is 5.32 Å². The second-order valence-electron chi connectivity index (χ2n) is 5.92. The number of nitrogens with zero attached hydrogens (tertiary/aromatic N) is 1. The van der Waals surface area contributed by atoms with Crippen LogP contribution in [0.5, 0.6) is 0 Å². The molecule has 1 saturated heterocycles. The molecule has 5 heteroatoms. The van der Waals surface area contributed by atoms with Gasteiger partial charge in [-0.3, -0.25) is 4.79 Å². The van der Waals surface area contributed by atoms with Crippen molar-refractivity contribution < 1.29 is 4.79 Å². The van der Waals surface area contributed by atoms with Gasteiger partial charge in [0.2, 0.25) is 5.91 Å². The molecule has 0 saturated carbocycles. The molecule has 1 unspecified atom stereocenters. The third-order valence-electron chi connectivity index (χ3n) is 3.90. The van der Waals surface area contributed by atoms with Crippen LogP contribution in [0.2, 0.25) is 0 Å². The van der Waals surface area contributed by atoms with E-state index in [0.717, 1.165) is 42.5 Å². The molecule has 1 aliphatic rings. The molecule has 21 heavy (non-hydrogen) atoms. The highest BCUT2D eigenvalue weighted by atomic mass is 79.9. The standard InChI is InChI=1S/C16H24BrN3O/c1-11(2)19-10-12-6-7-13(9-14(12)17)20-8-4-3-5-15(20)16(18)21/h6-7,9,11,15,19H,3-5,8,10H2,1-2H3,(H2,18,21). The molecular formula is C16H24BrN3O. The van der Waals surface area contributed by atoms with Crippen LogP contribution in [0.15, 0.2) is 22.7 Å². The van der Waals surface area contributed by atoms with Crippen LogP contribution in [0.25, 0.3) is 0 Å². The fourth-order valence-corrected chi connectivity index (χ4v) is 3.22. The van der Waals surface area contributed by atoms with Gasteiger partial charge in [-0.1, -0.05) is 35.8 Å². The van der Waals surface area contributed by atoms with E-state index in [-0.39, 0.29) is 11.9 Å². The topological polar surface area (TPSA) is 58.4 Å². The Labute approximate surface area is 135 Å². The maximum Gasteiger partial charge on any atom is 0.240 e. The summed E-state index contributed by atoms with van der Waals surface area (Å²) < 4.78 is 1.07. The van der Waals surface area contributed by atoms with E-state index < -0.39 is 0 Å². The van der Waals surface area contributed by atoms with Crippen LogP contribution in [0.4, 0.5) is 5.69 Å². The second kappa shape index (κ2) is 7.27. The lowest BCUT2D eigenvalue weighted by atomic mass is 10.0. The Morgan fingerprint density at radius 3 is 2.86 bits per heavy atom. The van der Waals surface area contributed by atoms with Crippen molar-refractivity contribution in [3.8, 4) is 0 Å². The van der Waals surface area contributed by atoms with Crippen LogP contribution in [0, 0.1) is 0 Å². The average molecular weight is 354 g/mol. The molecule has 2 rings (SSSR count). The molecule has 1 amide bonds. The van der Waals surface area contributed by atoms with E-state index in [1.54, 1.807) is 0 Å². The third kappa shape index (κ3) is 4.20. The Bertz CT molecular complexity index is 504. The summed E-state index contributed by atoms with van der Waals surface area (Å²) in [6, 6.07) is 6.58. The van der Waals surface area contributed by atoms with Crippen LogP contribution in [-0.4, -0.2) is 24.5 Å². The van der Waals surface area contributed by atoms with Gasteiger partial charge >= 0.3 is 0 Å². The summed E-state index contributed by atoms with van der Waals surface area (Å²) in [6.45, 7) is 5.99. The predicted octanol–water partition coefficient (Wildman–Crippen LogP) is 2.79. The van der Waals surface area contributed by atoms with E-state index in [0.29, 0.717) is 6.04 Å². The first-order chi connectivity index (χ1) is 9.99. The first-order valence-corrected chi connectivity index (χ1v) is 8.36. The molecule has 0 radical (unpaired) electrons. The van der Waals surface area contributed by atoms with Crippen LogP contribution >= 0.6 is 15.9 Å². The SMILES string of the molecule is CC(C)NCc1ccc(N2CCCCC2C(N)=O)cc1Br. The Morgan fingerprint density at radius 1 is 1.48 bits per heavy atom. The number of hydrogen-bond donors (Lipinski definition) is 2. The summed E-state index contributed by atoms with van der Waals surface area (Å²) in [7, 11) is 0. The maximum absolute atomic E-state index is 11.6. The third-order valence-corrected chi connectivity index (χ3v) is 4.64. The van der Waals surface area contributed by atoms with Gasteiger partial charge in [0.1, 0.15) is 6.04 Å². The number of anilines is 1. The Hall–Kier alpha value is -1.07. The number of rotatable bonds is 5. The van der Waals surface area contributed by atoms with Crippen LogP contribution in [0.3, 0.4) is 0 Å². The van der Waals surface area contributed by atoms with Gasteiger partial charge in [0.15, 0.2) is 0 Å². The number of primary amides is 1. The number of carbonyl (C=O) groups excluding carboxylic acids is 1. The average Bonchev–Trinajstić information content (AvgIpc) is 2.45. The zero-order chi connectivity index (χ0) is 15.4. The van der Waals surface area contributed by atoms with Crippen molar-refractivity contribution in [3.63, 3.8) is 0 Å². The lowest BCUT2D eigenvalue weighted by molar-refractivity contribution is -0.119. The minimum Gasteiger partial charge on any atom is -0.368 e. The normalized spacial score (nSPS) is 19.0. The quantitative estimate of drug-likeness (QED) is 0.855. The van der Waals surface area contributed by atoms with Gasteiger partial charge < -0.3 is 16.0 Å². The predicted molar refractivity (Wildman–Crippen MR) is 90.3 cm³/mol. The molecule has 3 N–H and O–H groups in total. The fourth-order valence-electron chi connectivity index (χ4n) is 2.71. The molecule has 1 heterocycles. The number of piperidine rings is 1. The fraction of sp³-hybridized carbons (Fsp3) is 0.562. The molecule has 1 atom stereocenters. The van der Waals surface area contributed by atoms with Crippen molar-refractivity contribution in [2.45, 2.75) is 51.7 Å². The van der Waals surface area contributed by atoms with Crippen molar-refractivity contribution in [3.05, 3.63) is 28.2 Å². The highest BCUT2D eigenvalue weighted by molar-refractivity contribution is 9.10. The van der Waals surface area contributed by atoms with E-state index in [9.17, 15) is 4.79 Å². The molecule has 0 bridgehead atoms. The number of nitrogens with one attached hydrogen (secondary N) is 1. The summed E-state index contributed by atoms with van der Waals surface area (Å²) >= 11 is 3.64. The molecule has 4 nitrogen and oxygen atoms in total. The van der Waals surface area contributed by atoms with Crippen LogP contribution < -0.4 is 16.0 Å².